The van der Waals surface area contributed by atoms with Crippen molar-refractivity contribution >= 4 is 23.4 Å². The summed E-state index contributed by atoms with van der Waals surface area (Å²) in [6, 6.07) is 5.92. The summed E-state index contributed by atoms with van der Waals surface area (Å²) in [4.78, 5) is 10.3. The number of hydrogen-bond donors (Lipinski definition) is 0. The van der Waals surface area contributed by atoms with Gasteiger partial charge in [0.05, 0.1) is 6.42 Å². The molecular weight excluding hydrogens is 277 g/mol. The Hall–Kier alpha value is -1.33. The van der Waals surface area contributed by atoms with Crippen molar-refractivity contribution in [1.29, 1.82) is 0 Å². The van der Waals surface area contributed by atoms with Gasteiger partial charge in [0.25, 0.3) is 0 Å². The van der Waals surface area contributed by atoms with E-state index in [9.17, 15) is 14.5 Å². The molecule has 0 fully saturated rings. The second-order valence-corrected chi connectivity index (χ2v) is 5.59. The van der Waals surface area contributed by atoms with Crippen LogP contribution in [0.25, 0.3) is 0 Å². The van der Waals surface area contributed by atoms with E-state index >= 15 is 0 Å². The lowest BCUT2D eigenvalue weighted by Gasteiger charge is -2.17. The van der Waals surface area contributed by atoms with Crippen LogP contribution in [0.5, 0.6) is 0 Å². The molecule has 0 aliphatic heterocycles. The smallest absolute Gasteiger partial charge is 0.262 e. The average molecular weight is 286 g/mol. The monoisotopic (exact) mass is 285 g/mol. The highest BCUT2D eigenvalue weighted by molar-refractivity contribution is 8.03. The van der Waals surface area contributed by atoms with Crippen LogP contribution in [0.15, 0.2) is 52.3 Å². The highest BCUT2D eigenvalue weighted by Gasteiger charge is 2.38. The lowest BCUT2D eigenvalue weighted by atomic mass is 10.1. The molecule has 0 amide bonds. The van der Waals surface area contributed by atoms with E-state index < -0.39 is 9.92 Å². The lowest BCUT2D eigenvalue weighted by molar-refractivity contribution is -0.527. The van der Waals surface area contributed by atoms with Gasteiger partial charge in [-0.25, -0.2) is 4.39 Å². The van der Waals surface area contributed by atoms with Crippen molar-refractivity contribution in [1.82, 2.24) is 0 Å². The van der Waals surface area contributed by atoms with Crippen molar-refractivity contribution in [2.24, 2.45) is 0 Å². The van der Waals surface area contributed by atoms with Crippen LogP contribution in [-0.4, -0.2) is 9.92 Å². The van der Waals surface area contributed by atoms with Gasteiger partial charge < -0.3 is 0 Å². The van der Waals surface area contributed by atoms with E-state index in [1.54, 1.807) is 24.3 Å². The fraction of sp³-hybridized carbons (Fsp3) is 0.167. The maximum absolute atomic E-state index is 12.7. The van der Waals surface area contributed by atoms with Crippen molar-refractivity contribution in [2.75, 3.05) is 0 Å². The molecule has 1 aromatic rings. The standard InChI is InChI=1S/C12H9ClFNO2S/c13-12(15(16)17)7-1-2-11(8-12)18-10-5-3-9(14)4-6-10/h1-6,8H,7H2. The van der Waals surface area contributed by atoms with Gasteiger partial charge in [0, 0.05) is 20.8 Å². The van der Waals surface area contributed by atoms with Gasteiger partial charge in [-0.15, -0.1) is 0 Å². The molecule has 1 unspecified atom stereocenters. The number of allylic oxidation sites excluding steroid dienone is 1. The normalized spacial score (nSPS) is 22.7. The Morgan fingerprint density at radius 3 is 2.67 bits per heavy atom. The fourth-order valence-electron chi connectivity index (χ4n) is 1.49. The Bertz CT molecular complexity index is 529. The zero-order valence-corrected chi connectivity index (χ0v) is 10.7. The highest BCUT2D eigenvalue weighted by Crippen LogP contribution is 2.36. The Labute approximate surface area is 112 Å². The Morgan fingerprint density at radius 1 is 1.39 bits per heavy atom. The number of halogens is 2. The van der Waals surface area contributed by atoms with Crippen LogP contribution in [0.3, 0.4) is 0 Å². The van der Waals surface area contributed by atoms with Gasteiger partial charge in [-0.1, -0.05) is 23.9 Å². The van der Waals surface area contributed by atoms with Crippen LogP contribution in [0.4, 0.5) is 4.39 Å². The van der Waals surface area contributed by atoms with Crippen LogP contribution in [0, 0.1) is 15.9 Å². The summed E-state index contributed by atoms with van der Waals surface area (Å²) in [5, 5.41) is 10.9. The first kappa shape index (κ1) is 13.1. The van der Waals surface area contributed by atoms with E-state index in [0.29, 0.717) is 4.91 Å². The summed E-state index contributed by atoms with van der Waals surface area (Å²) in [5.74, 6) is -0.315. The van der Waals surface area contributed by atoms with Gasteiger partial charge in [-0.2, -0.15) is 0 Å². The van der Waals surface area contributed by atoms with Gasteiger partial charge >= 0.3 is 5.00 Å². The topological polar surface area (TPSA) is 43.1 Å². The van der Waals surface area contributed by atoms with E-state index in [-0.39, 0.29) is 12.2 Å². The van der Waals surface area contributed by atoms with Crippen LogP contribution >= 0.6 is 23.4 Å². The minimum Gasteiger partial charge on any atom is -0.262 e. The van der Waals surface area contributed by atoms with Crippen LogP contribution in [-0.2, 0) is 0 Å². The van der Waals surface area contributed by atoms with Crippen molar-refractivity contribution in [3.05, 3.63) is 63.3 Å². The summed E-state index contributed by atoms with van der Waals surface area (Å²) in [5.41, 5.74) is 0. The zero-order valence-electron chi connectivity index (χ0n) is 9.18. The zero-order chi connectivity index (χ0) is 13.2. The largest absolute Gasteiger partial charge is 0.318 e. The van der Waals surface area contributed by atoms with Crippen LogP contribution < -0.4 is 0 Å². The molecule has 0 saturated heterocycles. The molecule has 0 spiro atoms. The molecular formula is C12H9ClFNO2S. The Morgan fingerprint density at radius 2 is 2.06 bits per heavy atom. The summed E-state index contributed by atoms with van der Waals surface area (Å²) in [7, 11) is 0. The maximum atomic E-state index is 12.7. The predicted molar refractivity (Wildman–Crippen MR) is 69.7 cm³/mol. The second kappa shape index (κ2) is 5.12. The summed E-state index contributed by atoms with van der Waals surface area (Å²) >= 11 is 7.21. The van der Waals surface area contributed by atoms with E-state index in [1.165, 1.54) is 30.0 Å². The molecule has 0 N–H and O–H groups in total. The van der Waals surface area contributed by atoms with Gasteiger partial charge in [-0.05, 0) is 35.9 Å². The first-order valence-corrected chi connectivity index (χ1v) is 6.35. The molecule has 0 saturated carbocycles. The van der Waals surface area contributed by atoms with Crippen LogP contribution in [0.1, 0.15) is 6.42 Å². The quantitative estimate of drug-likeness (QED) is 0.365. The first-order chi connectivity index (χ1) is 8.49. The van der Waals surface area contributed by atoms with Gasteiger partial charge in [0.2, 0.25) is 0 Å². The SMILES string of the molecule is O=[N+]([O-])C1(Cl)C=C(Sc2ccc(F)cc2)C=CC1. The Balaban J connectivity index is 2.18. The Kier molecular flexibility index (Phi) is 3.73. The summed E-state index contributed by atoms with van der Waals surface area (Å²) in [6.45, 7) is 0. The van der Waals surface area contributed by atoms with Crippen molar-refractivity contribution in [3.63, 3.8) is 0 Å². The first-order valence-electron chi connectivity index (χ1n) is 5.16. The molecule has 6 heteroatoms. The molecule has 18 heavy (non-hydrogen) atoms. The third-order valence-corrected chi connectivity index (χ3v) is 3.80. The average Bonchev–Trinajstić information content (AvgIpc) is 2.32. The lowest BCUT2D eigenvalue weighted by Crippen LogP contribution is -2.30. The molecule has 94 valence electrons. The van der Waals surface area contributed by atoms with E-state index in [1.807, 2.05) is 0 Å². The molecule has 1 aliphatic rings. The maximum Gasteiger partial charge on any atom is 0.318 e. The number of nitro groups is 1. The number of thioether (sulfide) groups is 1. The number of nitrogens with zero attached hydrogens (tertiary/aromatic N) is 1. The summed E-state index contributed by atoms with van der Waals surface area (Å²) < 4.78 is 12.7. The number of alkyl halides is 1. The molecule has 0 radical (unpaired) electrons. The number of benzene rings is 1. The highest BCUT2D eigenvalue weighted by atomic mass is 35.5. The molecule has 1 atom stereocenters. The van der Waals surface area contributed by atoms with Gasteiger partial charge in [0.15, 0.2) is 0 Å². The molecule has 1 aliphatic carbocycles. The number of hydrogen-bond acceptors (Lipinski definition) is 3. The second-order valence-electron chi connectivity index (χ2n) is 3.78. The van der Waals surface area contributed by atoms with Crippen molar-refractivity contribution in [3.8, 4) is 0 Å². The van der Waals surface area contributed by atoms with Crippen molar-refractivity contribution < 1.29 is 9.31 Å². The predicted octanol–water partition coefficient (Wildman–Crippen LogP) is 3.97. The minimum atomic E-state index is -1.57. The molecule has 0 aromatic heterocycles. The molecule has 2 rings (SSSR count). The number of rotatable bonds is 3. The van der Waals surface area contributed by atoms with E-state index in [0.717, 1.165) is 4.90 Å². The van der Waals surface area contributed by atoms with Crippen LogP contribution in [0.2, 0.25) is 0 Å². The fourth-order valence-corrected chi connectivity index (χ4v) is 2.73. The molecule has 0 heterocycles. The van der Waals surface area contributed by atoms with Gasteiger partial charge in [-0.3, -0.25) is 10.1 Å². The molecule has 3 nitrogen and oxygen atoms in total. The summed E-state index contributed by atoms with van der Waals surface area (Å²) in [6.07, 6.45) is 5.03. The third kappa shape index (κ3) is 2.91. The molecule has 1 aromatic carbocycles. The minimum absolute atomic E-state index is 0.162. The van der Waals surface area contributed by atoms with E-state index in [2.05, 4.69) is 0 Å². The molecule has 0 bridgehead atoms. The third-order valence-electron chi connectivity index (χ3n) is 2.40. The van der Waals surface area contributed by atoms with Crippen molar-refractivity contribution in [2.45, 2.75) is 16.3 Å². The van der Waals surface area contributed by atoms with E-state index in [4.69, 9.17) is 11.6 Å². The van der Waals surface area contributed by atoms with Gasteiger partial charge in [0.1, 0.15) is 5.82 Å².